The molecule has 1 fully saturated rings. The Morgan fingerprint density at radius 2 is 2.04 bits per heavy atom. The van der Waals surface area contributed by atoms with Crippen molar-refractivity contribution in [2.45, 2.75) is 32.9 Å². The molecular formula is C21H20FN3S. The monoisotopic (exact) mass is 365 g/mol. The van der Waals surface area contributed by atoms with E-state index in [9.17, 15) is 4.39 Å². The number of hydrogen-bond acceptors (Lipinski definition) is 4. The first-order chi connectivity index (χ1) is 12.6. The first-order valence-electron chi connectivity index (χ1n) is 8.98. The molecule has 5 heteroatoms. The van der Waals surface area contributed by atoms with E-state index in [2.05, 4.69) is 39.2 Å². The second kappa shape index (κ2) is 5.81. The molecule has 0 saturated carbocycles. The zero-order chi connectivity index (χ0) is 17.8. The summed E-state index contributed by atoms with van der Waals surface area (Å²) in [5.74, 6) is -0.138. The third-order valence-electron chi connectivity index (χ3n) is 5.67. The Hall–Kier alpha value is -2.40. The molecule has 1 aromatic heterocycles. The summed E-state index contributed by atoms with van der Waals surface area (Å²) in [4.78, 5) is 9.21. The average Bonchev–Trinajstić information content (AvgIpc) is 3.34. The van der Waals surface area contributed by atoms with Crippen molar-refractivity contribution in [3.8, 4) is 0 Å². The van der Waals surface area contributed by atoms with E-state index < -0.39 is 0 Å². The van der Waals surface area contributed by atoms with Crippen LogP contribution in [0.5, 0.6) is 0 Å². The van der Waals surface area contributed by atoms with E-state index in [4.69, 9.17) is 0 Å². The Labute approximate surface area is 156 Å². The first kappa shape index (κ1) is 15.8. The molecule has 0 bridgehead atoms. The number of rotatable bonds is 2. The fraction of sp³-hybridized carbons (Fsp3) is 0.286. The van der Waals surface area contributed by atoms with Gasteiger partial charge < -0.3 is 9.80 Å². The summed E-state index contributed by atoms with van der Waals surface area (Å²) >= 11 is 1.68. The molecule has 1 saturated heterocycles. The summed E-state index contributed by atoms with van der Waals surface area (Å²) in [7, 11) is 0. The Bertz CT molecular complexity index is 1040. The lowest BCUT2D eigenvalue weighted by Crippen LogP contribution is -2.31. The summed E-state index contributed by atoms with van der Waals surface area (Å²) in [5.41, 5.74) is 8.40. The number of thiazole rings is 1. The molecule has 0 radical (unpaired) electrons. The van der Waals surface area contributed by atoms with Crippen LogP contribution in [-0.2, 0) is 0 Å². The second-order valence-electron chi connectivity index (χ2n) is 7.09. The second-order valence-corrected chi connectivity index (χ2v) is 7.98. The predicted octanol–water partition coefficient (Wildman–Crippen LogP) is 5.51. The molecule has 1 unspecified atom stereocenters. The summed E-state index contributed by atoms with van der Waals surface area (Å²) < 4.78 is 15.2. The van der Waals surface area contributed by atoms with Crippen molar-refractivity contribution in [1.29, 1.82) is 0 Å². The minimum Gasteiger partial charge on any atom is -0.349 e. The molecule has 3 aromatic rings. The largest absolute Gasteiger partial charge is 0.349 e. The van der Waals surface area contributed by atoms with Gasteiger partial charge in [0.15, 0.2) is 0 Å². The highest BCUT2D eigenvalue weighted by atomic mass is 32.1. The van der Waals surface area contributed by atoms with Gasteiger partial charge >= 0.3 is 0 Å². The Kier molecular flexibility index (Phi) is 3.54. The van der Waals surface area contributed by atoms with E-state index in [-0.39, 0.29) is 12.0 Å². The quantitative estimate of drug-likeness (QED) is 0.597. The van der Waals surface area contributed by atoms with Gasteiger partial charge in [0.25, 0.3) is 0 Å². The van der Waals surface area contributed by atoms with Crippen molar-refractivity contribution in [1.82, 2.24) is 9.88 Å². The fourth-order valence-electron chi connectivity index (χ4n) is 4.14. The van der Waals surface area contributed by atoms with Crippen LogP contribution in [0.15, 0.2) is 47.7 Å². The Morgan fingerprint density at radius 3 is 2.92 bits per heavy atom. The Balaban J connectivity index is 1.65. The third-order valence-corrected chi connectivity index (χ3v) is 6.46. The van der Waals surface area contributed by atoms with Crippen LogP contribution in [0.1, 0.15) is 35.7 Å². The van der Waals surface area contributed by atoms with Gasteiger partial charge in [0, 0.05) is 24.1 Å². The van der Waals surface area contributed by atoms with E-state index in [0.717, 1.165) is 35.3 Å². The van der Waals surface area contributed by atoms with Crippen LogP contribution >= 0.6 is 11.3 Å². The molecule has 3 nitrogen and oxygen atoms in total. The molecule has 0 amide bonds. The first-order valence-corrected chi connectivity index (χ1v) is 9.86. The van der Waals surface area contributed by atoms with Gasteiger partial charge in [-0.3, -0.25) is 0 Å². The number of halogens is 1. The van der Waals surface area contributed by atoms with E-state index >= 15 is 0 Å². The van der Waals surface area contributed by atoms with E-state index in [1.807, 2.05) is 25.4 Å². The normalized spacial score (nSPS) is 19.3. The zero-order valence-electron chi connectivity index (χ0n) is 14.9. The van der Waals surface area contributed by atoms with Gasteiger partial charge in [0.05, 0.1) is 15.7 Å². The molecule has 0 aliphatic carbocycles. The Morgan fingerprint density at radius 1 is 1.15 bits per heavy atom. The molecule has 5 rings (SSSR count). The SMILES string of the molecule is Cc1c(F)ccc(N2C=C3CCCN3C2c2ccc3ncsc3c2)c1C. The smallest absolute Gasteiger partial charge is 0.132 e. The molecule has 0 N–H and O–H groups in total. The zero-order valence-corrected chi connectivity index (χ0v) is 15.7. The van der Waals surface area contributed by atoms with Crippen molar-refractivity contribution in [3.05, 3.63) is 70.2 Å². The molecule has 3 heterocycles. The summed E-state index contributed by atoms with van der Waals surface area (Å²) in [6.07, 6.45) is 4.69. The van der Waals surface area contributed by atoms with Gasteiger partial charge in [0.2, 0.25) is 0 Å². The van der Waals surface area contributed by atoms with Crippen molar-refractivity contribution < 1.29 is 4.39 Å². The lowest BCUT2D eigenvalue weighted by atomic mass is 10.0. The van der Waals surface area contributed by atoms with Gasteiger partial charge in [-0.15, -0.1) is 11.3 Å². The number of nitrogens with zero attached hydrogens (tertiary/aromatic N) is 3. The van der Waals surface area contributed by atoms with Crippen molar-refractivity contribution in [2.24, 2.45) is 0 Å². The van der Waals surface area contributed by atoms with Gasteiger partial charge in [-0.2, -0.15) is 0 Å². The molecule has 2 aromatic carbocycles. The number of anilines is 1. The molecule has 132 valence electrons. The van der Waals surface area contributed by atoms with Gasteiger partial charge in [-0.05, 0) is 67.6 Å². The number of hydrogen-bond donors (Lipinski definition) is 0. The van der Waals surface area contributed by atoms with Gasteiger partial charge in [0.1, 0.15) is 12.0 Å². The van der Waals surface area contributed by atoms with Crippen molar-refractivity contribution in [3.63, 3.8) is 0 Å². The maximum Gasteiger partial charge on any atom is 0.132 e. The van der Waals surface area contributed by atoms with Crippen LogP contribution in [0.4, 0.5) is 10.1 Å². The van der Waals surface area contributed by atoms with Gasteiger partial charge in [-0.25, -0.2) is 9.37 Å². The minimum absolute atomic E-state index is 0.127. The number of fused-ring (bicyclic) bond motifs is 2. The molecule has 26 heavy (non-hydrogen) atoms. The molecular weight excluding hydrogens is 345 g/mol. The number of benzene rings is 2. The molecule has 0 spiro atoms. The van der Waals surface area contributed by atoms with E-state index in [1.165, 1.54) is 22.4 Å². The fourth-order valence-corrected chi connectivity index (χ4v) is 4.87. The summed E-state index contributed by atoms with van der Waals surface area (Å²) in [6, 6.07) is 10.0. The maximum atomic E-state index is 14.0. The van der Waals surface area contributed by atoms with Crippen LogP contribution in [0.3, 0.4) is 0 Å². The van der Waals surface area contributed by atoms with Crippen LogP contribution in [0, 0.1) is 19.7 Å². The standard InChI is InChI=1S/C21H20FN3S/c1-13-14(2)19(8-6-17(13)22)25-11-16-4-3-9-24(16)21(25)15-5-7-18-20(10-15)26-12-23-18/h5-8,10-12,21H,3-4,9H2,1-2H3. The summed E-state index contributed by atoms with van der Waals surface area (Å²) in [6.45, 7) is 4.93. The van der Waals surface area contributed by atoms with Gasteiger partial charge in [-0.1, -0.05) is 6.07 Å². The van der Waals surface area contributed by atoms with E-state index in [0.29, 0.717) is 0 Å². The topological polar surface area (TPSA) is 19.4 Å². The lowest BCUT2D eigenvalue weighted by molar-refractivity contribution is 0.319. The van der Waals surface area contributed by atoms with Crippen LogP contribution in [0.2, 0.25) is 0 Å². The van der Waals surface area contributed by atoms with Crippen LogP contribution in [-0.4, -0.2) is 16.4 Å². The molecule has 2 aliphatic heterocycles. The lowest BCUT2D eigenvalue weighted by Gasteiger charge is -2.33. The van der Waals surface area contributed by atoms with Crippen LogP contribution in [0.25, 0.3) is 10.2 Å². The number of aromatic nitrogens is 1. The highest BCUT2D eigenvalue weighted by Gasteiger charge is 2.37. The van der Waals surface area contributed by atoms with Crippen molar-refractivity contribution in [2.75, 3.05) is 11.4 Å². The predicted molar refractivity (Wildman–Crippen MR) is 105 cm³/mol. The number of allylic oxidation sites excluding steroid dienone is 1. The van der Waals surface area contributed by atoms with Crippen LogP contribution < -0.4 is 4.90 Å². The highest BCUT2D eigenvalue weighted by molar-refractivity contribution is 7.16. The maximum absolute atomic E-state index is 14.0. The molecule has 2 aliphatic rings. The third kappa shape index (κ3) is 2.27. The molecule has 1 atom stereocenters. The van der Waals surface area contributed by atoms with Crippen molar-refractivity contribution >= 4 is 27.2 Å². The average molecular weight is 365 g/mol. The highest BCUT2D eigenvalue weighted by Crippen LogP contribution is 2.44. The summed E-state index contributed by atoms with van der Waals surface area (Å²) in [5, 5.41) is 0. The van der Waals surface area contributed by atoms with E-state index in [1.54, 1.807) is 17.4 Å². The minimum atomic E-state index is -0.138.